The molecule has 7 heteroatoms. The predicted octanol–water partition coefficient (Wildman–Crippen LogP) is 1.61. The molecular formula is C8H13F5N2. The Morgan fingerprint density at radius 2 is 1.80 bits per heavy atom. The van der Waals surface area contributed by atoms with Crippen LogP contribution in [0, 0.1) is 0 Å². The lowest BCUT2D eigenvalue weighted by atomic mass is 10.0. The van der Waals surface area contributed by atoms with E-state index >= 15 is 0 Å². The van der Waals surface area contributed by atoms with Crippen LogP contribution in [0.15, 0.2) is 0 Å². The first-order chi connectivity index (χ1) is 6.71. The van der Waals surface area contributed by atoms with E-state index in [0.717, 1.165) is 4.90 Å². The first-order valence-electron chi connectivity index (χ1n) is 4.66. The Morgan fingerprint density at radius 1 is 1.27 bits per heavy atom. The molecule has 2 nitrogen and oxygen atoms in total. The molecule has 15 heavy (non-hydrogen) atoms. The lowest BCUT2D eigenvalue weighted by Crippen LogP contribution is -2.58. The third kappa shape index (κ3) is 2.08. The molecule has 0 spiro atoms. The van der Waals surface area contributed by atoms with E-state index in [1.54, 1.807) is 0 Å². The van der Waals surface area contributed by atoms with Gasteiger partial charge in [0.2, 0.25) is 0 Å². The topological polar surface area (TPSA) is 29.3 Å². The molecule has 1 fully saturated rings. The molecule has 0 aromatic rings. The molecule has 90 valence electrons. The largest absolute Gasteiger partial charge is 0.455 e. The van der Waals surface area contributed by atoms with E-state index in [4.69, 9.17) is 5.73 Å². The van der Waals surface area contributed by atoms with E-state index in [2.05, 4.69) is 0 Å². The minimum absolute atomic E-state index is 0.143. The van der Waals surface area contributed by atoms with Crippen LogP contribution in [0.5, 0.6) is 0 Å². The van der Waals surface area contributed by atoms with Gasteiger partial charge in [0.1, 0.15) is 0 Å². The van der Waals surface area contributed by atoms with Gasteiger partial charge in [-0.25, -0.2) is 0 Å². The fraction of sp³-hybridized carbons (Fsp3) is 1.00. The van der Waals surface area contributed by atoms with Crippen molar-refractivity contribution in [3.05, 3.63) is 0 Å². The van der Waals surface area contributed by atoms with Gasteiger partial charge >= 0.3 is 12.1 Å². The second kappa shape index (κ2) is 3.86. The number of rotatable bonds is 2. The minimum atomic E-state index is -5.53. The summed E-state index contributed by atoms with van der Waals surface area (Å²) in [6, 6.07) is -3.05. The molecule has 1 heterocycles. The summed E-state index contributed by atoms with van der Waals surface area (Å²) in [4.78, 5) is 1.08. The highest BCUT2D eigenvalue weighted by molar-refractivity contribution is 5.01. The molecule has 0 bridgehead atoms. The maximum absolute atomic E-state index is 13.1. The first kappa shape index (κ1) is 12.6. The van der Waals surface area contributed by atoms with Gasteiger partial charge in [0, 0.05) is 12.6 Å². The zero-order valence-corrected chi connectivity index (χ0v) is 8.19. The van der Waals surface area contributed by atoms with Crippen molar-refractivity contribution in [3.63, 3.8) is 0 Å². The van der Waals surface area contributed by atoms with E-state index in [-0.39, 0.29) is 19.5 Å². The Bertz CT molecular complexity index is 228. The Labute approximate surface area is 84.2 Å². The number of nitrogens with two attached hydrogens (primary N) is 1. The Morgan fingerprint density at radius 3 is 2.20 bits per heavy atom. The van der Waals surface area contributed by atoms with Crippen molar-refractivity contribution < 1.29 is 22.0 Å². The Kier molecular flexibility index (Phi) is 3.25. The summed E-state index contributed by atoms with van der Waals surface area (Å²) in [7, 11) is 0. The van der Waals surface area contributed by atoms with Gasteiger partial charge in [0.05, 0.1) is 6.04 Å². The van der Waals surface area contributed by atoms with E-state index in [1.807, 2.05) is 0 Å². The number of halogens is 5. The number of likely N-dealkylation sites (tertiary alicyclic amines) is 1. The van der Waals surface area contributed by atoms with Crippen LogP contribution in [-0.2, 0) is 0 Å². The summed E-state index contributed by atoms with van der Waals surface area (Å²) >= 11 is 0. The fourth-order valence-corrected chi connectivity index (χ4v) is 1.90. The highest BCUT2D eigenvalue weighted by Gasteiger charge is 2.66. The molecule has 0 aliphatic carbocycles. The Balaban J connectivity index is 2.93. The highest BCUT2D eigenvalue weighted by Crippen LogP contribution is 2.42. The summed E-state index contributed by atoms with van der Waals surface area (Å²) < 4.78 is 62.6. The van der Waals surface area contributed by atoms with Crippen LogP contribution in [0.3, 0.4) is 0 Å². The molecule has 2 unspecified atom stereocenters. The number of nitrogens with zero attached hydrogens (tertiary/aromatic N) is 1. The van der Waals surface area contributed by atoms with Gasteiger partial charge in [-0.05, 0) is 13.0 Å². The van der Waals surface area contributed by atoms with Gasteiger partial charge in [-0.15, -0.1) is 0 Å². The quantitative estimate of drug-likeness (QED) is 0.733. The monoisotopic (exact) mass is 232 g/mol. The summed E-state index contributed by atoms with van der Waals surface area (Å²) in [5.74, 6) is -4.74. The molecule has 1 saturated heterocycles. The number of alkyl halides is 5. The summed E-state index contributed by atoms with van der Waals surface area (Å²) in [6.07, 6.45) is -5.36. The van der Waals surface area contributed by atoms with Crippen LogP contribution in [0.4, 0.5) is 22.0 Å². The van der Waals surface area contributed by atoms with E-state index in [1.165, 1.54) is 6.92 Å². The lowest BCUT2D eigenvalue weighted by Gasteiger charge is -2.33. The van der Waals surface area contributed by atoms with Gasteiger partial charge in [-0.3, -0.25) is 4.90 Å². The average Bonchev–Trinajstić information content (AvgIpc) is 2.44. The normalized spacial score (nSPS) is 29.8. The molecule has 0 radical (unpaired) electrons. The molecular weight excluding hydrogens is 219 g/mol. The molecule has 2 N–H and O–H groups in total. The third-order valence-corrected chi connectivity index (χ3v) is 2.70. The standard InChI is InChI=1S/C8H13F5N2/c1-2-15-4-3-5(14)6(15)7(9,10)8(11,12)13/h5-6H,2-4,14H2,1H3. The van der Waals surface area contributed by atoms with Crippen LogP contribution in [0.2, 0.25) is 0 Å². The van der Waals surface area contributed by atoms with Crippen molar-refractivity contribution in [2.75, 3.05) is 13.1 Å². The van der Waals surface area contributed by atoms with Crippen LogP contribution >= 0.6 is 0 Å². The fourth-order valence-electron chi connectivity index (χ4n) is 1.90. The smallest absolute Gasteiger partial charge is 0.326 e. The van der Waals surface area contributed by atoms with Crippen molar-refractivity contribution in [1.82, 2.24) is 4.90 Å². The van der Waals surface area contributed by atoms with Gasteiger partial charge in [0.15, 0.2) is 0 Å². The van der Waals surface area contributed by atoms with Crippen molar-refractivity contribution in [1.29, 1.82) is 0 Å². The van der Waals surface area contributed by atoms with Crippen molar-refractivity contribution >= 4 is 0 Å². The molecule has 0 amide bonds. The van der Waals surface area contributed by atoms with Gasteiger partial charge in [-0.2, -0.15) is 22.0 Å². The van der Waals surface area contributed by atoms with Crippen molar-refractivity contribution in [2.45, 2.75) is 37.5 Å². The lowest BCUT2D eigenvalue weighted by molar-refractivity contribution is -0.301. The van der Waals surface area contributed by atoms with E-state index in [0.29, 0.717) is 0 Å². The first-order valence-corrected chi connectivity index (χ1v) is 4.66. The number of hydrogen-bond acceptors (Lipinski definition) is 2. The third-order valence-electron chi connectivity index (χ3n) is 2.70. The maximum Gasteiger partial charge on any atom is 0.455 e. The second-order valence-electron chi connectivity index (χ2n) is 3.65. The van der Waals surface area contributed by atoms with Crippen LogP contribution in [-0.4, -0.2) is 42.2 Å². The molecule has 1 aliphatic rings. The summed E-state index contributed by atoms with van der Waals surface area (Å²) in [5.41, 5.74) is 5.31. The predicted molar refractivity (Wildman–Crippen MR) is 44.6 cm³/mol. The van der Waals surface area contributed by atoms with Crippen molar-refractivity contribution in [2.24, 2.45) is 5.73 Å². The summed E-state index contributed by atoms with van der Waals surface area (Å²) in [5, 5.41) is 0. The van der Waals surface area contributed by atoms with Gasteiger partial charge < -0.3 is 5.73 Å². The van der Waals surface area contributed by atoms with Gasteiger partial charge in [-0.1, -0.05) is 6.92 Å². The molecule has 0 saturated carbocycles. The van der Waals surface area contributed by atoms with Gasteiger partial charge in [0.25, 0.3) is 0 Å². The second-order valence-corrected chi connectivity index (χ2v) is 3.65. The molecule has 1 rings (SSSR count). The number of likely N-dealkylation sites (N-methyl/N-ethyl adjacent to an activating group) is 1. The van der Waals surface area contributed by atoms with E-state index < -0.39 is 24.2 Å². The molecule has 0 aromatic carbocycles. The SMILES string of the molecule is CCN1CCC(N)C1C(F)(F)C(F)(F)F. The average molecular weight is 232 g/mol. The highest BCUT2D eigenvalue weighted by atomic mass is 19.4. The minimum Gasteiger partial charge on any atom is -0.326 e. The molecule has 2 atom stereocenters. The zero-order chi connectivity index (χ0) is 11.9. The zero-order valence-electron chi connectivity index (χ0n) is 8.19. The van der Waals surface area contributed by atoms with Crippen LogP contribution in [0.1, 0.15) is 13.3 Å². The molecule has 0 aromatic heterocycles. The number of hydrogen-bond donors (Lipinski definition) is 1. The Hall–Kier alpha value is -0.430. The van der Waals surface area contributed by atoms with E-state index in [9.17, 15) is 22.0 Å². The van der Waals surface area contributed by atoms with Crippen LogP contribution in [0.25, 0.3) is 0 Å². The molecule has 1 aliphatic heterocycles. The van der Waals surface area contributed by atoms with Crippen molar-refractivity contribution in [3.8, 4) is 0 Å². The maximum atomic E-state index is 13.1. The summed E-state index contributed by atoms with van der Waals surface area (Å²) in [6.45, 7) is 1.87. The van der Waals surface area contributed by atoms with Crippen LogP contribution < -0.4 is 5.73 Å².